The van der Waals surface area contributed by atoms with Crippen LogP contribution in [0.1, 0.15) is 42.1 Å². The quantitative estimate of drug-likeness (QED) is 0.149. The highest BCUT2D eigenvalue weighted by Gasteiger charge is 2.15. The van der Waals surface area contributed by atoms with Gasteiger partial charge in [-0.05, 0) is 67.8 Å². The van der Waals surface area contributed by atoms with E-state index in [2.05, 4.69) is 15.3 Å². The molecule has 0 aliphatic carbocycles. The molecule has 0 aliphatic heterocycles. The zero-order valence-corrected chi connectivity index (χ0v) is 23.0. The molecule has 10 nitrogen and oxygen atoms in total. The van der Waals surface area contributed by atoms with Crippen LogP contribution in [0.5, 0.6) is 0 Å². The second kappa shape index (κ2) is 12.6. The van der Waals surface area contributed by atoms with E-state index < -0.39 is 11.7 Å². The lowest BCUT2D eigenvalue weighted by Crippen LogP contribution is -2.14. The van der Waals surface area contributed by atoms with Crippen LogP contribution in [0.3, 0.4) is 0 Å². The molecular weight excluding hydrogens is 548 g/mol. The lowest BCUT2D eigenvalue weighted by molar-refractivity contribution is -0.143. The SMILES string of the molecule is CCOC(=O)CCCCn1c(=O)oc2cc3ncnc(Nc4ccc(C(=O)OCc5ccc(Cl)cc5)cc4)c3cc21. The number of benzene rings is 3. The van der Waals surface area contributed by atoms with Crippen molar-refractivity contribution in [2.24, 2.45) is 0 Å². The maximum atomic E-state index is 12.6. The van der Waals surface area contributed by atoms with Crippen molar-refractivity contribution in [2.45, 2.75) is 39.3 Å². The number of carbonyl (C=O) groups excluding carboxylic acids is 2. The second-order valence-corrected chi connectivity index (χ2v) is 9.68. The zero-order valence-electron chi connectivity index (χ0n) is 22.3. The summed E-state index contributed by atoms with van der Waals surface area (Å²) in [4.78, 5) is 45.4. The van der Waals surface area contributed by atoms with Gasteiger partial charge in [0.1, 0.15) is 18.8 Å². The summed E-state index contributed by atoms with van der Waals surface area (Å²) < 4.78 is 17.4. The van der Waals surface area contributed by atoms with Crippen LogP contribution in [0.25, 0.3) is 22.0 Å². The fourth-order valence-electron chi connectivity index (χ4n) is 4.34. The highest BCUT2D eigenvalue weighted by molar-refractivity contribution is 6.30. The van der Waals surface area contributed by atoms with Gasteiger partial charge in [-0.1, -0.05) is 23.7 Å². The van der Waals surface area contributed by atoms with Gasteiger partial charge in [0.25, 0.3) is 0 Å². The smallest absolute Gasteiger partial charge is 0.419 e. The monoisotopic (exact) mass is 574 g/mol. The van der Waals surface area contributed by atoms with Crippen LogP contribution in [-0.4, -0.2) is 33.1 Å². The van der Waals surface area contributed by atoms with Crippen molar-refractivity contribution in [1.82, 2.24) is 14.5 Å². The zero-order chi connectivity index (χ0) is 28.8. The van der Waals surface area contributed by atoms with Crippen molar-refractivity contribution in [3.8, 4) is 0 Å². The van der Waals surface area contributed by atoms with E-state index in [1.54, 1.807) is 66.1 Å². The lowest BCUT2D eigenvalue weighted by atomic mass is 10.2. The summed E-state index contributed by atoms with van der Waals surface area (Å²) in [6.45, 7) is 2.64. The molecule has 41 heavy (non-hydrogen) atoms. The Morgan fingerprint density at radius 2 is 1.78 bits per heavy atom. The topological polar surface area (TPSA) is 126 Å². The predicted octanol–water partition coefficient (Wildman–Crippen LogP) is 6.03. The van der Waals surface area contributed by atoms with Crippen LogP contribution in [0.15, 0.2) is 76.2 Å². The number of nitrogens with zero attached hydrogens (tertiary/aromatic N) is 3. The molecule has 5 rings (SSSR count). The number of anilines is 2. The summed E-state index contributed by atoms with van der Waals surface area (Å²) in [7, 11) is 0. The number of rotatable bonds is 11. The standard InChI is InChI=1S/C30H27ClN4O6/c1-2-39-27(36)5-3-4-14-35-25-15-23-24(16-26(25)41-30(35)38)32-18-33-28(23)34-22-12-8-20(9-13-22)29(37)40-17-19-6-10-21(31)11-7-19/h6-13,15-16,18H,2-5,14,17H2,1H3,(H,32,33,34). The minimum absolute atomic E-state index is 0.141. The highest BCUT2D eigenvalue weighted by atomic mass is 35.5. The van der Waals surface area contributed by atoms with Crippen molar-refractivity contribution in [1.29, 1.82) is 0 Å². The number of carbonyl (C=O) groups is 2. The number of ether oxygens (including phenoxy) is 2. The minimum atomic E-state index is -0.479. The third-order valence-electron chi connectivity index (χ3n) is 6.41. The summed E-state index contributed by atoms with van der Waals surface area (Å²) in [6, 6.07) is 17.4. The van der Waals surface area contributed by atoms with Crippen molar-refractivity contribution in [3.05, 3.63) is 93.7 Å². The largest absolute Gasteiger partial charge is 0.466 e. The van der Waals surface area contributed by atoms with E-state index in [0.717, 1.165) is 5.56 Å². The van der Waals surface area contributed by atoms with Gasteiger partial charge in [-0.15, -0.1) is 0 Å². The second-order valence-electron chi connectivity index (χ2n) is 9.25. The predicted molar refractivity (Wildman–Crippen MR) is 154 cm³/mol. The van der Waals surface area contributed by atoms with E-state index in [0.29, 0.717) is 76.5 Å². The molecule has 0 amide bonds. The van der Waals surface area contributed by atoms with E-state index in [4.69, 9.17) is 25.5 Å². The van der Waals surface area contributed by atoms with Gasteiger partial charge in [0.2, 0.25) is 0 Å². The number of aryl methyl sites for hydroxylation is 1. The number of hydrogen-bond donors (Lipinski definition) is 1. The van der Waals surface area contributed by atoms with Gasteiger partial charge >= 0.3 is 17.7 Å². The van der Waals surface area contributed by atoms with Gasteiger partial charge in [0.15, 0.2) is 5.58 Å². The van der Waals surface area contributed by atoms with Crippen LogP contribution < -0.4 is 11.1 Å². The first-order valence-electron chi connectivity index (χ1n) is 13.1. The van der Waals surface area contributed by atoms with E-state index in [-0.39, 0.29) is 12.6 Å². The Balaban J connectivity index is 1.29. The van der Waals surface area contributed by atoms with Crippen LogP contribution in [0.4, 0.5) is 11.5 Å². The molecule has 0 spiro atoms. The van der Waals surface area contributed by atoms with E-state index >= 15 is 0 Å². The average Bonchev–Trinajstić information content (AvgIpc) is 3.28. The molecule has 2 aromatic heterocycles. The normalized spacial score (nSPS) is 11.1. The lowest BCUT2D eigenvalue weighted by Gasteiger charge is -2.10. The third-order valence-corrected chi connectivity index (χ3v) is 6.66. The van der Waals surface area contributed by atoms with Crippen LogP contribution in [0.2, 0.25) is 5.02 Å². The highest BCUT2D eigenvalue weighted by Crippen LogP contribution is 2.28. The Morgan fingerprint density at radius 3 is 2.54 bits per heavy atom. The Bertz CT molecular complexity index is 1750. The molecule has 5 aromatic rings. The molecule has 0 radical (unpaired) electrons. The maximum absolute atomic E-state index is 12.6. The molecule has 210 valence electrons. The number of unbranched alkanes of at least 4 members (excludes halogenated alkanes) is 1. The molecule has 3 aromatic carbocycles. The first kappa shape index (κ1) is 27.9. The van der Waals surface area contributed by atoms with E-state index in [1.807, 2.05) is 6.07 Å². The van der Waals surface area contributed by atoms with Crippen molar-refractivity contribution in [3.63, 3.8) is 0 Å². The molecular formula is C30H27ClN4O6. The Kier molecular flexibility index (Phi) is 8.59. The third kappa shape index (κ3) is 6.72. The van der Waals surface area contributed by atoms with Gasteiger partial charge in [-0.25, -0.2) is 19.6 Å². The molecule has 0 unspecified atom stereocenters. The van der Waals surface area contributed by atoms with Gasteiger partial charge < -0.3 is 19.2 Å². The van der Waals surface area contributed by atoms with Crippen molar-refractivity contribution in [2.75, 3.05) is 11.9 Å². The van der Waals surface area contributed by atoms with Gasteiger partial charge in [0, 0.05) is 35.1 Å². The number of oxazole rings is 1. The number of fused-ring (bicyclic) bond motifs is 2. The van der Waals surface area contributed by atoms with Gasteiger partial charge in [0.05, 0.1) is 23.2 Å². The number of esters is 2. The van der Waals surface area contributed by atoms with Crippen LogP contribution >= 0.6 is 11.6 Å². The van der Waals surface area contributed by atoms with E-state index in [1.165, 1.54) is 6.33 Å². The number of nitrogens with one attached hydrogen (secondary N) is 1. The fraction of sp³-hybridized carbons (Fsp3) is 0.233. The molecule has 11 heteroatoms. The summed E-state index contributed by atoms with van der Waals surface area (Å²) in [5, 5.41) is 4.56. The van der Waals surface area contributed by atoms with Gasteiger partial charge in [-0.3, -0.25) is 9.36 Å². The Hall–Kier alpha value is -4.70. The minimum Gasteiger partial charge on any atom is -0.466 e. The molecule has 0 saturated heterocycles. The first-order valence-corrected chi connectivity index (χ1v) is 13.5. The summed E-state index contributed by atoms with van der Waals surface area (Å²) in [5.74, 6) is -0.648. The maximum Gasteiger partial charge on any atom is 0.419 e. The molecule has 2 heterocycles. The first-order chi connectivity index (χ1) is 19.9. The molecule has 0 aliphatic rings. The number of hydrogen-bond acceptors (Lipinski definition) is 9. The molecule has 1 N–H and O–H groups in total. The molecule has 0 saturated carbocycles. The summed E-state index contributed by atoms with van der Waals surface area (Å²) in [5.41, 5.74) is 3.56. The molecule has 0 atom stereocenters. The van der Waals surface area contributed by atoms with Gasteiger partial charge in [-0.2, -0.15) is 0 Å². The fourth-order valence-corrected chi connectivity index (χ4v) is 4.46. The van der Waals surface area contributed by atoms with Crippen molar-refractivity contribution < 1.29 is 23.5 Å². The molecule has 0 bridgehead atoms. The van der Waals surface area contributed by atoms with Crippen LogP contribution in [-0.2, 0) is 27.4 Å². The summed E-state index contributed by atoms with van der Waals surface area (Å²) >= 11 is 5.90. The Morgan fingerprint density at radius 1 is 1.00 bits per heavy atom. The number of halogens is 1. The van der Waals surface area contributed by atoms with Crippen LogP contribution in [0, 0.1) is 0 Å². The van der Waals surface area contributed by atoms with E-state index in [9.17, 15) is 14.4 Å². The van der Waals surface area contributed by atoms with Crippen molar-refractivity contribution >= 4 is 57.0 Å². The molecule has 0 fully saturated rings. The average molecular weight is 575 g/mol. The Labute approximate surface area is 239 Å². The summed E-state index contributed by atoms with van der Waals surface area (Å²) in [6.07, 6.45) is 2.91. The number of aromatic nitrogens is 3.